The third-order valence-corrected chi connectivity index (χ3v) is 3.48. The van der Waals surface area contributed by atoms with Crippen LogP contribution in [0.5, 0.6) is 0 Å². The highest BCUT2D eigenvalue weighted by Gasteiger charge is 2.45. The van der Waals surface area contributed by atoms with E-state index in [0.29, 0.717) is 12.8 Å². The zero-order valence-electron chi connectivity index (χ0n) is 8.33. The van der Waals surface area contributed by atoms with Gasteiger partial charge in [0.15, 0.2) is 0 Å². The van der Waals surface area contributed by atoms with Crippen LogP contribution in [0.3, 0.4) is 0 Å². The number of hydrogen-bond donors (Lipinski definition) is 0. The van der Waals surface area contributed by atoms with Crippen molar-refractivity contribution in [3.63, 3.8) is 0 Å². The predicted molar refractivity (Wildman–Crippen MR) is 48.4 cm³/mol. The summed E-state index contributed by atoms with van der Waals surface area (Å²) in [5.41, 5.74) is 0. The van der Waals surface area contributed by atoms with Gasteiger partial charge in [-0.25, -0.2) is 0 Å². The van der Waals surface area contributed by atoms with Crippen LogP contribution in [0.4, 0.5) is 13.2 Å². The monoisotopic (exact) mass is 221 g/mol. The Morgan fingerprint density at radius 2 is 1.73 bits per heavy atom. The molecular weight excluding hydrogens is 207 g/mol. The van der Waals surface area contributed by atoms with E-state index in [-0.39, 0.29) is 18.0 Å². The van der Waals surface area contributed by atoms with Crippen molar-refractivity contribution in [1.29, 1.82) is 0 Å². The highest BCUT2D eigenvalue weighted by atomic mass is 19.4. The number of aldehydes is 1. The molecule has 2 nitrogen and oxygen atoms in total. The Hall–Kier alpha value is -0.580. The first kappa shape index (κ1) is 10.9. The summed E-state index contributed by atoms with van der Waals surface area (Å²) in [6.07, 6.45) is -0.382. The van der Waals surface area contributed by atoms with Gasteiger partial charge in [0, 0.05) is 18.0 Å². The van der Waals surface area contributed by atoms with Crippen molar-refractivity contribution in [3.05, 3.63) is 0 Å². The summed E-state index contributed by atoms with van der Waals surface area (Å²) in [6.45, 7) is -0.812. The highest BCUT2D eigenvalue weighted by Crippen LogP contribution is 2.39. The van der Waals surface area contributed by atoms with Crippen LogP contribution in [-0.4, -0.2) is 36.0 Å². The number of rotatable bonds is 2. The summed E-state index contributed by atoms with van der Waals surface area (Å²) in [4.78, 5) is 12.2. The largest absolute Gasteiger partial charge is 0.401 e. The molecule has 0 radical (unpaired) electrons. The van der Waals surface area contributed by atoms with Crippen molar-refractivity contribution in [2.45, 2.75) is 43.9 Å². The lowest BCUT2D eigenvalue weighted by atomic mass is 9.92. The molecule has 0 aromatic rings. The number of carbonyl (C=O) groups excluding carboxylic acids is 1. The molecular formula is C10H14F3NO. The summed E-state index contributed by atoms with van der Waals surface area (Å²) >= 11 is 0. The van der Waals surface area contributed by atoms with Crippen LogP contribution < -0.4 is 0 Å². The van der Waals surface area contributed by atoms with Crippen LogP contribution in [0.2, 0.25) is 0 Å². The van der Waals surface area contributed by atoms with Gasteiger partial charge >= 0.3 is 6.18 Å². The van der Waals surface area contributed by atoms with Gasteiger partial charge in [0.1, 0.15) is 6.29 Å². The first-order chi connectivity index (χ1) is 6.99. The Labute approximate surface area is 86.4 Å². The molecule has 2 fully saturated rings. The van der Waals surface area contributed by atoms with Gasteiger partial charge in [0.05, 0.1) is 6.54 Å². The molecule has 2 heterocycles. The summed E-state index contributed by atoms with van der Waals surface area (Å²) in [7, 11) is 0. The fourth-order valence-corrected chi connectivity index (χ4v) is 2.89. The lowest BCUT2D eigenvalue weighted by Crippen LogP contribution is -2.47. The SMILES string of the molecule is O=CC1CC2CCC(C1)N2CC(F)(F)F. The molecule has 15 heavy (non-hydrogen) atoms. The minimum atomic E-state index is -4.12. The molecule has 86 valence electrons. The smallest absolute Gasteiger partial charge is 0.303 e. The van der Waals surface area contributed by atoms with Crippen LogP contribution in [0.1, 0.15) is 25.7 Å². The second-order valence-corrected chi connectivity index (χ2v) is 4.54. The minimum absolute atomic E-state index is 0.0213. The minimum Gasteiger partial charge on any atom is -0.303 e. The molecule has 2 saturated heterocycles. The molecule has 2 atom stereocenters. The van der Waals surface area contributed by atoms with Gasteiger partial charge in [-0.15, -0.1) is 0 Å². The summed E-state index contributed by atoms with van der Waals surface area (Å²) < 4.78 is 36.8. The second-order valence-electron chi connectivity index (χ2n) is 4.54. The summed E-state index contributed by atoms with van der Waals surface area (Å²) in [6, 6.07) is -0.0545. The van der Waals surface area contributed by atoms with E-state index in [1.54, 1.807) is 4.90 Å². The van der Waals surface area contributed by atoms with E-state index >= 15 is 0 Å². The van der Waals surface area contributed by atoms with Gasteiger partial charge < -0.3 is 4.79 Å². The molecule has 2 bridgehead atoms. The molecule has 0 amide bonds. The quantitative estimate of drug-likeness (QED) is 0.665. The van der Waals surface area contributed by atoms with Gasteiger partial charge in [-0.2, -0.15) is 13.2 Å². The van der Waals surface area contributed by atoms with E-state index in [2.05, 4.69) is 0 Å². The topological polar surface area (TPSA) is 20.3 Å². The average Bonchev–Trinajstić information content (AvgIpc) is 2.37. The second kappa shape index (κ2) is 3.77. The molecule has 2 aliphatic heterocycles. The van der Waals surface area contributed by atoms with Gasteiger partial charge in [0.25, 0.3) is 0 Å². The Bertz CT molecular complexity index is 240. The van der Waals surface area contributed by atoms with Crippen LogP contribution in [0.15, 0.2) is 0 Å². The zero-order valence-corrected chi connectivity index (χ0v) is 8.33. The van der Waals surface area contributed by atoms with Gasteiger partial charge in [-0.3, -0.25) is 4.90 Å². The van der Waals surface area contributed by atoms with Crippen molar-refractivity contribution < 1.29 is 18.0 Å². The standard InChI is InChI=1S/C10H14F3NO/c11-10(12,13)6-14-8-1-2-9(14)4-7(3-8)5-15/h5,7-9H,1-4,6H2. The maximum Gasteiger partial charge on any atom is 0.401 e. The molecule has 0 spiro atoms. The highest BCUT2D eigenvalue weighted by molar-refractivity contribution is 5.54. The number of nitrogens with zero attached hydrogens (tertiary/aromatic N) is 1. The van der Waals surface area contributed by atoms with Crippen molar-refractivity contribution in [2.24, 2.45) is 5.92 Å². The number of fused-ring (bicyclic) bond motifs is 2. The number of halogens is 3. The Kier molecular flexibility index (Phi) is 2.75. The maximum atomic E-state index is 12.3. The summed E-state index contributed by atoms with van der Waals surface area (Å²) in [5.74, 6) is -0.0213. The van der Waals surface area contributed by atoms with Crippen molar-refractivity contribution >= 4 is 6.29 Å². The van der Waals surface area contributed by atoms with E-state index in [4.69, 9.17) is 0 Å². The third-order valence-electron chi connectivity index (χ3n) is 3.48. The van der Waals surface area contributed by atoms with E-state index in [0.717, 1.165) is 19.1 Å². The lowest BCUT2D eigenvalue weighted by molar-refractivity contribution is -0.156. The van der Waals surface area contributed by atoms with Gasteiger partial charge in [-0.1, -0.05) is 0 Å². The predicted octanol–water partition coefficient (Wildman–Crippen LogP) is 1.99. The van der Waals surface area contributed by atoms with E-state index in [9.17, 15) is 18.0 Å². The van der Waals surface area contributed by atoms with Gasteiger partial charge in [-0.05, 0) is 25.7 Å². The number of carbonyl (C=O) groups is 1. The number of hydrogen-bond acceptors (Lipinski definition) is 2. The van der Waals surface area contributed by atoms with E-state index in [1.165, 1.54) is 0 Å². The molecule has 0 saturated carbocycles. The van der Waals surface area contributed by atoms with E-state index in [1.807, 2.05) is 0 Å². The average molecular weight is 221 g/mol. The van der Waals surface area contributed by atoms with Crippen molar-refractivity contribution in [2.75, 3.05) is 6.54 Å². The Balaban J connectivity index is 2.01. The molecule has 0 aromatic heterocycles. The van der Waals surface area contributed by atoms with Gasteiger partial charge in [0.2, 0.25) is 0 Å². The number of piperidine rings is 1. The maximum absolute atomic E-state index is 12.3. The van der Waals surface area contributed by atoms with Crippen LogP contribution >= 0.6 is 0 Å². The van der Waals surface area contributed by atoms with Crippen LogP contribution in [0.25, 0.3) is 0 Å². The Morgan fingerprint density at radius 3 is 2.13 bits per heavy atom. The molecule has 0 aromatic carbocycles. The normalized spacial score (nSPS) is 36.9. The molecule has 2 rings (SSSR count). The molecule has 0 N–H and O–H groups in total. The van der Waals surface area contributed by atoms with E-state index < -0.39 is 12.7 Å². The number of alkyl halides is 3. The van der Waals surface area contributed by atoms with Crippen molar-refractivity contribution in [3.8, 4) is 0 Å². The first-order valence-corrected chi connectivity index (χ1v) is 5.27. The van der Waals surface area contributed by atoms with Crippen molar-refractivity contribution in [1.82, 2.24) is 4.90 Å². The zero-order chi connectivity index (χ0) is 11.1. The first-order valence-electron chi connectivity index (χ1n) is 5.27. The molecule has 5 heteroatoms. The molecule has 2 unspecified atom stereocenters. The molecule has 0 aliphatic carbocycles. The summed E-state index contributed by atoms with van der Waals surface area (Å²) in [5, 5.41) is 0. The van der Waals surface area contributed by atoms with Crippen LogP contribution in [0, 0.1) is 5.92 Å². The fraction of sp³-hybridized carbons (Fsp3) is 0.900. The third kappa shape index (κ3) is 2.33. The fourth-order valence-electron chi connectivity index (χ4n) is 2.89. The lowest BCUT2D eigenvalue weighted by Gasteiger charge is -2.37. The van der Waals surface area contributed by atoms with Crippen LogP contribution in [-0.2, 0) is 4.79 Å². The molecule has 2 aliphatic rings. The Morgan fingerprint density at radius 1 is 1.20 bits per heavy atom.